The zero-order valence-electron chi connectivity index (χ0n) is 13.3. The maximum Gasteiger partial charge on any atom is 0.131 e. The molecule has 0 saturated heterocycles. The fourth-order valence-electron chi connectivity index (χ4n) is 2.89. The van der Waals surface area contributed by atoms with Gasteiger partial charge in [-0.1, -0.05) is 50.2 Å². The van der Waals surface area contributed by atoms with Gasteiger partial charge in [0.15, 0.2) is 0 Å². The van der Waals surface area contributed by atoms with Gasteiger partial charge in [-0.25, -0.2) is 4.39 Å². The summed E-state index contributed by atoms with van der Waals surface area (Å²) in [5.74, 6) is -0.116. The van der Waals surface area contributed by atoms with E-state index in [9.17, 15) is 4.39 Å². The van der Waals surface area contributed by atoms with Crippen molar-refractivity contribution in [3.8, 4) is 0 Å². The van der Waals surface area contributed by atoms with Crippen molar-refractivity contribution < 1.29 is 4.39 Å². The Kier molecular flexibility index (Phi) is 5.13. The molecule has 0 radical (unpaired) electrons. The molecule has 2 aromatic rings. The third-order valence-electron chi connectivity index (χ3n) is 4.15. The minimum absolute atomic E-state index is 0.110. The molecule has 2 aromatic carbocycles. The van der Waals surface area contributed by atoms with Gasteiger partial charge in [-0.3, -0.25) is 0 Å². The molecule has 0 amide bonds. The molecule has 0 bridgehead atoms. The van der Waals surface area contributed by atoms with Gasteiger partial charge in [-0.05, 0) is 49.1 Å². The Labute approximate surface area is 127 Å². The first-order valence-electron chi connectivity index (χ1n) is 7.66. The maximum absolute atomic E-state index is 14.4. The maximum atomic E-state index is 14.4. The minimum Gasteiger partial charge on any atom is -0.309 e. The Morgan fingerprint density at radius 1 is 1.05 bits per heavy atom. The number of nitrogens with one attached hydrogen (secondary N) is 1. The van der Waals surface area contributed by atoms with Crippen molar-refractivity contribution in [1.29, 1.82) is 0 Å². The van der Waals surface area contributed by atoms with Crippen LogP contribution in [0.5, 0.6) is 0 Å². The lowest BCUT2D eigenvalue weighted by Crippen LogP contribution is -2.19. The van der Waals surface area contributed by atoms with E-state index in [0.717, 1.165) is 18.4 Å². The van der Waals surface area contributed by atoms with Gasteiger partial charge >= 0.3 is 0 Å². The Hall–Kier alpha value is -1.67. The van der Waals surface area contributed by atoms with E-state index in [1.807, 2.05) is 32.2 Å². The van der Waals surface area contributed by atoms with Crippen LogP contribution in [-0.2, 0) is 12.8 Å². The van der Waals surface area contributed by atoms with Crippen LogP contribution in [-0.4, -0.2) is 7.05 Å². The van der Waals surface area contributed by atoms with Crippen molar-refractivity contribution >= 4 is 0 Å². The smallest absolute Gasteiger partial charge is 0.131 e. The van der Waals surface area contributed by atoms with Gasteiger partial charge in [0.05, 0.1) is 6.04 Å². The average molecular weight is 285 g/mol. The fourth-order valence-corrected chi connectivity index (χ4v) is 2.89. The fraction of sp³-hybridized carbons (Fsp3) is 0.368. The molecule has 0 aromatic heterocycles. The number of halogens is 1. The molecule has 0 spiro atoms. The van der Waals surface area contributed by atoms with Crippen LogP contribution in [0.4, 0.5) is 4.39 Å². The number of benzene rings is 2. The summed E-state index contributed by atoms with van der Waals surface area (Å²) in [4.78, 5) is 0. The molecule has 112 valence electrons. The lowest BCUT2D eigenvalue weighted by Gasteiger charge is -2.20. The van der Waals surface area contributed by atoms with Crippen LogP contribution in [0, 0.1) is 12.7 Å². The van der Waals surface area contributed by atoms with Crippen LogP contribution in [0.2, 0.25) is 0 Å². The predicted octanol–water partition coefficient (Wildman–Crippen LogP) is 4.57. The lowest BCUT2D eigenvalue weighted by molar-refractivity contribution is 0.569. The number of hydrogen-bond donors (Lipinski definition) is 1. The summed E-state index contributed by atoms with van der Waals surface area (Å²) in [6, 6.07) is 12.0. The van der Waals surface area contributed by atoms with Crippen LogP contribution in [0.25, 0.3) is 0 Å². The molecule has 0 fully saturated rings. The van der Waals surface area contributed by atoms with Crippen molar-refractivity contribution in [2.45, 2.75) is 39.7 Å². The topological polar surface area (TPSA) is 12.0 Å². The Bertz CT molecular complexity index is 619. The zero-order chi connectivity index (χ0) is 15.4. The highest BCUT2D eigenvalue weighted by Gasteiger charge is 2.18. The molecule has 0 heterocycles. The van der Waals surface area contributed by atoms with Crippen LogP contribution in [0.15, 0.2) is 36.4 Å². The second-order valence-corrected chi connectivity index (χ2v) is 5.44. The molecule has 21 heavy (non-hydrogen) atoms. The number of rotatable bonds is 5. The first kappa shape index (κ1) is 15.7. The van der Waals surface area contributed by atoms with Crippen molar-refractivity contribution in [1.82, 2.24) is 5.32 Å². The second kappa shape index (κ2) is 6.86. The van der Waals surface area contributed by atoms with Crippen LogP contribution in [0.3, 0.4) is 0 Å². The summed E-state index contributed by atoms with van der Waals surface area (Å²) < 4.78 is 14.4. The Morgan fingerprint density at radius 3 is 2.38 bits per heavy atom. The van der Waals surface area contributed by atoms with E-state index in [2.05, 4.69) is 37.4 Å². The highest BCUT2D eigenvalue weighted by molar-refractivity contribution is 5.40. The number of aryl methyl sites for hydroxylation is 3. The largest absolute Gasteiger partial charge is 0.309 e. The molecular weight excluding hydrogens is 261 g/mol. The van der Waals surface area contributed by atoms with Gasteiger partial charge in [0.2, 0.25) is 0 Å². The van der Waals surface area contributed by atoms with Crippen LogP contribution in [0.1, 0.15) is 47.7 Å². The molecule has 0 saturated carbocycles. The lowest BCUT2D eigenvalue weighted by atomic mass is 9.92. The van der Waals surface area contributed by atoms with Crippen molar-refractivity contribution in [2.24, 2.45) is 0 Å². The SMILES string of the molecule is CCc1ccc(C(NC)c2cccc(C)c2F)cc1CC. The molecule has 0 aliphatic carbocycles. The molecule has 0 aliphatic rings. The molecule has 2 heteroatoms. The molecule has 1 nitrogen and oxygen atoms in total. The Balaban J connectivity index is 2.49. The van der Waals surface area contributed by atoms with E-state index in [0.29, 0.717) is 11.1 Å². The third-order valence-corrected chi connectivity index (χ3v) is 4.15. The van der Waals surface area contributed by atoms with E-state index in [1.165, 1.54) is 11.1 Å². The van der Waals surface area contributed by atoms with Crippen molar-refractivity contribution in [3.63, 3.8) is 0 Å². The van der Waals surface area contributed by atoms with Crippen molar-refractivity contribution in [2.75, 3.05) is 7.05 Å². The van der Waals surface area contributed by atoms with E-state index in [-0.39, 0.29) is 11.9 Å². The summed E-state index contributed by atoms with van der Waals surface area (Å²) >= 11 is 0. The van der Waals surface area contributed by atoms with Crippen molar-refractivity contribution in [3.05, 3.63) is 70.0 Å². The van der Waals surface area contributed by atoms with Gasteiger partial charge < -0.3 is 5.32 Å². The number of hydrogen-bond acceptors (Lipinski definition) is 1. The van der Waals surface area contributed by atoms with E-state index < -0.39 is 0 Å². The highest BCUT2D eigenvalue weighted by Crippen LogP contribution is 2.27. The predicted molar refractivity (Wildman–Crippen MR) is 87.2 cm³/mol. The quantitative estimate of drug-likeness (QED) is 0.848. The monoisotopic (exact) mass is 285 g/mol. The van der Waals surface area contributed by atoms with Gasteiger partial charge in [0.1, 0.15) is 5.82 Å². The van der Waals surface area contributed by atoms with Gasteiger partial charge in [0, 0.05) is 5.56 Å². The molecular formula is C19H24FN. The Morgan fingerprint density at radius 2 is 1.76 bits per heavy atom. The molecule has 0 aliphatic heterocycles. The highest BCUT2D eigenvalue weighted by atomic mass is 19.1. The van der Waals surface area contributed by atoms with Gasteiger partial charge in [-0.15, -0.1) is 0 Å². The summed E-state index contributed by atoms with van der Waals surface area (Å²) in [5, 5.41) is 3.25. The normalized spacial score (nSPS) is 12.4. The van der Waals surface area contributed by atoms with Crippen LogP contribution < -0.4 is 5.32 Å². The molecule has 1 atom stereocenters. The molecule has 1 N–H and O–H groups in total. The molecule has 2 rings (SSSR count). The third kappa shape index (κ3) is 3.16. The molecule has 1 unspecified atom stereocenters. The summed E-state index contributed by atoms with van der Waals surface area (Å²) in [6.07, 6.45) is 2.04. The first-order chi connectivity index (χ1) is 10.1. The summed E-state index contributed by atoms with van der Waals surface area (Å²) in [5.41, 5.74) is 5.25. The minimum atomic E-state index is -0.116. The van der Waals surface area contributed by atoms with E-state index >= 15 is 0 Å². The van der Waals surface area contributed by atoms with Gasteiger partial charge in [0.25, 0.3) is 0 Å². The van der Waals surface area contributed by atoms with E-state index in [1.54, 1.807) is 0 Å². The zero-order valence-corrected chi connectivity index (χ0v) is 13.3. The summed E-state index contributed by atoms with van der Waals surface area (Å²) in [7, 11) is 1.88. The van der Waals surface area contributed by atoms with Gasteiger partial charge in [-0.2, -0.15) is 0 Å². The van der Waals surface area contributed by atoms with Crippen LogP contribution >= 0.6 is 0 Å². The second-order valence-electron chi connectivity index (χ2n) is 5.44. The standard InChI is InChI=1S/C19H24FN/c1-5-14-10-11-16(12-15(14)6-2)19(21-4)17-9-7-8-13(3)18(17)20/h7-12,19,21H,5-6H2,1-4H3. The summed E-state index contributed by atoms with van der Waals surface area (Å²) in [6.45, 7) is 6.15. The average Bonchev–Trinajstić information content (AvgIpc) is 2.51. The van der Waals surface area contributed by atoms with E-state index in [4.69, 9.17) is 0 Å². The first-order valence-corrected chi connectivity index (χ1v) is 7.66.